The summed E-state index contributed by atoms with van der Waals surface area (Å²) in [6.07, 6.45) is 2.77. The van der Waals surface area contributed by atoms with Crippen LogP contribution in [0.4, 0.5) is 0 Å². The van der Waals surface area contributed by atoms with E-state index in [0.717, 1.165) is 24.4 Å². The lowest BCUT2D eigenvalue weighted by Gasteiger charge is -2.20. The van der Waals surface area contributed by atoms with Crippen molar-refractivity contribution in [2.45, 2.75) is 26.3 Å². The summed E-state index contributed by atoms with van der Waals surface area (Å²) in [5, 5.41) is 3.54. The van der Waals surface area contributed by atoms with Gasteiger partial charge >= 0.3 is 0 Å². The van der Waals surface area contributed by atoms with Gasteiger partial charge in [-0.05, 0) is 49.2 Å². The Morgan fingerprint density at radius 1 is 1.25 bits per heavy atom. The van der Waals surface area contributed by atoms with E-state index in [1.165, 1.54) is 11.1 Å². The van der Waals surface area contributed by atoms with Crippen LogP contribution >= 0.6 is 0 Å². The van der Waals surface area contributed by atoms with Crippen molar-refractivity contribution in [3.05, 3.63) is 59.4 Å². The van der Waals surface area contributed by atoms with Crippen LogP contribution in [0.5, 0.6) is 5.75 Å². The average Bonchev–Trinajstić information content (AvgIpc) is 2.47. The van der Waals surface area contributed by atoms with Gasteiger partial charge < -0.3 is 10.1 Å². The second-order valence-corrected chi connectivity index (χ2v) is 4.84. The Morgan fingerprint density at radius 3 is 2.80 bits per heavy atom. The molecule has 3 heteroatoms. The van der Waals surface area contributed by atoms with Gasteiger partial charge in [0.2, 0.25) is 0 Å². The van der Waals surface area contributed by atoms with Crippen molar-refractivity contribution < 1.29 is 4.74 Å². The monoisotopic (exact) mass is 270 g/mol. The highest BCUT2D eigenvalue weighted by atomic mass is 16.5. The van der Waals surface area contributed by atoms with Gasteiger partial charge in [-0.25, -0.2) is 0 Å². The number of methoxy groups -OCH3 is 1. The number of rotatable bonds is 6. The summed E-state index contributed by atoms with van der Waals surface area (Å²) in [5.74, 6) is 0.903. The summed E-state index contributed by atoms with van der Waals surface area (Å²) in [6, 6.07) is 12.7. The molecule has 2 aromatic rings. The summed E-state index contributed by atoms with van der Waals surface area (Å²) in [4.78, 5) is 4.39. The zero-order valence-corrected chi connectivity index (χ0v) is 12.4. The predicted molar refractivity (Wildman–Crippen MR) is 82.1 cm³/mol. The minimum absolute atomic E-state index is 0.279. The van der Waals surface area contributed by atoms with Crippen molar-refractivity contribution in [3.8, 4) is 5.75 Å². The van der Waals surface area contributed by atoms with Crippen molar-refractivity contribution in [3.63, 3.8) is 0 Å². The van der Waals surface area contributed by atoms with Crippen LogP contribution < -0.4 is 10.1 Å². The van der Waals surface area contributed by atoms with Crippen molar-refractivity contribution in [2.24, 2.45) is 0 Å². The Labute approximate surface area is 121 Å². The fraction of sp³-hybridized carbons (Fsp3) is 0.353. The number of aryl methyl sites for hydroxylation is 1. The molecule has 0 aliphatic rings. The Bertz CT molecular complexity index is 554. The summed E-state index contributed by atoms with van der Waals surface area (Å²) < 4.78 is 5.29. The maximum Gasteiger partial charge on any atom is 0.119 e. The predicted octanol–water partition coefficient (Wildman–Crippen LogP) is 3.29. The first-order valence-electron chi connectivity index (χ1n) is 7.02. The fourth-order valence-electron chi connectivity index (χ4n) is 2.44. The molecule has 0 aliphatic heterocycles. The summed E-state index contributed by atoms with van der Waals surface area (Å²) in [7, 11) is 1.70. The van der Waals surface area contributed by atoms with Gasteiger partial charge in [0.05, 0.1) is 7.11 Å². The number of aromatic nitrogens is 1. The minimum Gasteiger partial charge on any atom is -0.497 e. The third-order valence-electron chi connectivity index (χ3n) is 3.45. The molecule has 0 spiro atoms. The van der Waals surface area contributed by atoms with Crippen LogP contribution in [0.3, 0.4) is 0 Å². The number of pyridine rings is 1. The Balaban J connectivity index is 2.23. The maximum atomic E-state index is 5.29. The van der Waals surface area contributed by atoms with Gasteiger partial charge in [0.15, 0.2) is 0 Å². The second-order valence-electron chi connectivity index (χ2n) is 4.84. The van der Waals surface area contributed by atoms with Crippen LogP contribution in [0.25, 0.3) is 0 Å². The summed E-state index contributed by atoms with van der Waals surface area (Å²) >= 11 is 0. The van der Waals surface area contributed by atoms with Crippen LogP contribution in [0, 0.1) is 6.92 Å². The molecule has 0 aliphatic carbocycles. The van der Waals surface area contributed by atoms with Gasteiger partial charge in [0.1, 0.15) is 5.75 Å². The number of hydrogen-bond acceptors (Lipinski definition) is 3. The zero-order valence-electron chi connectivity index (χ0n) is 12.4. The van der Waals surface area contributed by atoms with E-state index in [1.807, 2.05) is 24.4 Å². The standard InChI is InChI=1S/C17H22N2O/c1-4-18-17(16-9-6-10-19-13(16)2)12-14-7-5-8-15(11-14)20-3/h5-11,17-18H,4,12H2,1-3H3. The zero-order chi connectivity index (χ0) is 14.4. The average molecular weight is 270 g/mol. The van der Waals surface area contributed by atoms with Crippen molar-refractivity contribution in [1.29, 1.82) is 0 Å². The molecule has 1 heterocycles. The molecule has 0 saturated heterocycles. The lowest BCUT2D eigenvalue weighted by Crippen LogP contribution is -2.24. The lowest BCUT2D eigenvalue weighted by atomic mass is 9.97. The Hall–Kier alpha value is -1.87. The SMILES string of the molecule is CCNC(Cc1cccc(OC)c1)c1cccnc1C. The normalized spacial score (nSPS) is 12.2. The van der Waals surface area contributed by atoms with Gasteiger partial charge in [0.25, 0.3) is 0 Å². The van der Waals surface area contributed by atoms with Crippen LogP contribution in [-0.2, 0) is 6.42 Å². The van der Waals surface area contributed by atoms with Gasteiger partial charge in [-0.1, -0.05) is 25.1 Å². The first kappa shape index (κ1) is 14.5. The molecular formula is C17H22N2O. The highest BCUT2D eigenvalue weighted by Crippen LogP contribution is 2.22. The van der Waals surface area contributed by atoms with E-state index in [4.69, 9.17) is 4.74 Å². The number of nitrogens with zero attached hydrogens (tertiary/aromatic N) is 1. The van der Waals surface area contributed by atoms with Crippen LogP contribution in [0.2, 0.25) is 0 Å². The highest BCUT2D eigenvalue weighted by Gasteiger charge is 2.14. The second kappa shape index (κ2) is 7.06. The van der Waals surface area contributed by atoms with Crippen molar-refractivity contribution in [1.82, 2.24) is 10.3 Å². The minimum atomic E-state index is 0.279. The highest BCUT2D eigenvalue weighted by molar-refractivity contribution is 5.31. The molecule has 20 heavy (non-hydrogen) atoms. The molecule has 0 radical (unpaired) electrons. The number of ether oxygens (including phenoxy) is 1. The third-order valence-corrected chi connectivity index (χ3v) is 3.45. The van der Waals surface area contributed by atoms with Gasteiger partial charge in [-0.3, -0.25) is 4.98 Å². The van der Waals surface area contributed by atoms with E-state index in [-0.39, 0.29) is 6.04 Å². The van der Waals surface area contributed by atoms with Crippen molar-refractivity contribution in [2.75, 3.05) is 13.7 Å². The molecule has 0 fully saturated rings. The van der Waals surface area contributed by atoms with Crippen molar-refractivity contribution >= 4 is 0 Å². The van der Waals surface area contributed by atoms with E-state index < -0.39 is 0 Å². The molecule has 0 saturated carbocycles. The maximum absolute atomic E-state index is 5.29. The first-order valence-corrected chi connectivity index (χ1v) is 7.02. The number of benzene rings is 1. The van der Waals surface area contributed by atoms with E-state index in [9.17, 15) is 0 Å². The lowest BCUT2D eigenvalue weighted by molar-refractivity contribution is 0.414. The Morgan fingerprint density at radius 2 is 2.10 bits per heavy atom. The van der Waals surface area contributed by atoms with E-state index in [2.05, 4.69) is 42.3 Å². The first-order chi connectivity index (χ1) is 9.74. The largest absolute Gasteiger partial charge is 0.497 e. The van der Waals surface area contributed by atoms with Crippen LogP contribution in [0.1, 0.15) is 29.8 Å². The summed E-state index contributed by atoms with van der Waals surface area (Å²) in [5.41, 5.74) is 3.61. The van der Waals surface area contributed by atoms with E-state index >= 15 is 0 Å². The molecular weight excluding hydrogens is 248 g/mol. The molecule has 3 nitrogen and oxygen atoms in total. The number of hydrogen-bond donors (Lipinski definition) is 1. The van der Waals surface area contributed by atoms with Gasteiger partial charge in [-0.15, -0.1) is 0 Å². The molecule has 1 unspecified atom stereocenters. The molecule has 0 bridgehead atoms. The quantitative estimate of drug-likeness (QED) is 0.874. The third kappa shape index (κ3) is 3.58. The molecule has 1 N–H and O–H groups in total. The molecule has 0 amide bonds. The van der Waals surface area contributed by atoms with Gasteiger partial charge in [-0.2, -0.15) is 0 Å². The molecule has 1 atom stereocenters. The molecule has 2 rings (SSSR count). The van der Waals surface area contributed by atoms with E-state index in [1.54, 1.807) is 7.11 Å². The van der Waals surface area contributed by atoms with Crippen LogP contribution in [0.15, 0.2) is 42.6 Å². The van der Waals surface area contributed by atoms with E-state index in [0.29, 0.717) is 0 Å². The topological polar surface area (TPSA) is 34.1 Å². The number of nitrogens with one attached hydrogen (secondary N) is 1. The molecule has 1 aromatic carbocycles. The summed E-state index contributed by atoms with van der Waals surface area (Å²) in [6.45, 7) is 5.12. The smallest absolute Gasteiger partial charge is 0.119 e. The molecule has 106 valence electrons. The fourth-order valence-corrected chi connectivity index (χ4v) is 2.44. The Kier molecular flexibility index (Phi) is 5.13. The molecule has 1 aromatic heterocycles. The number of likely N-dealkylation sites (N-methyl/N-ethyl adjacent to an activating group) is 1. The van der Waals surface area contributed by atoms with Crippen LogP contribution in [-0.4, -0.2) is 18.6 Å². The van der Waals surface area contributed by atoms with Gasteiger partial charge in [0, 0.05) is 17.9 Å².